The van der Waals surface area contributed by atoms with Gasteiger partial charge in [0.1, 0.15) is 5.76 Å². The fraction of sp³-hybridized carbons (Fsp3) is 0.100. The van der Waals surface area contributed by atoms with E-state index in [4.69, 9.17) is 10.3 Å². The summed E-state index contributed by atoms with van der Waals surface area (Å²) in [6.45, 7) is 0. The lowest BCUT2D eigenvalue weighted by molar-refractivity contribution is 0.384. The van der Waals surface area contributed by atoms with E-state index in [0.29, 0.717) is 17.9 Å². The van der Waals surface area contributed by atoms with Gasteiger partial charge in [-0.2, -0.15) is 5.16 Å². The second kappa shape index (κ2) is 3.41. The number of nitrogens with one attached hydrogen (secondary N) is 1. The van der Waals surface area contributed by atoms with Crippen LogP contribution >= 0.6 is 0 Å². The molecule has 0 bridgehead atoms. The van der Waals surface area contributed by atoms with Gasteiger partial charge in [-0.1, -0.05) is 18.2 Å². The average Bonchev–Trinajstić information content (AvgIpc) is 2.56. The normalized spacial score (nSPS) is 10.3. The third kappa shape index (κ3) is 1.69. The quantitative estimate of drug-likeness (QED) is 0.697. The van der Waals surface area contributed by atoms with E-state index < -0.39 is 0 Å². The van der Waals surface area contributed by atoms with Gasteiger partial charge in [0.15, 0.2) is 0 Å². The van der Waals surface area contributed by atoms with Gasteiger partial charge in [0.25, 0.3) is 5.56 Å². The summed E-state index contributed by atoms with van der Waals surface area (Å²) < 4.78 is 4.93. The van der Waals surface area contributed by atoms with Crippen LogP contribution in [-0.4, -0.2) is 5.16 Å². The van der Waals surface area contributed by atoms with Crippen LogP contribution in [0.4, 0.5) is 5.69 Å². The van der Waals surface area contributed by atoms with Crippen LogP contribution in [0.15, 0.2) is 39.6 Å². The van der Waals surface area contributed by atoms with Crippen LogP contribution < -0.4 is 11.3 Å². The molecule has 0 saturated carbocycles. The van der Waals surface area contributed by atoms with Crippen LogP contribution in [0.1, 0.15) is 11.3 Å². The monoisotopic (exact) mass is 190 g/mol. The Morgan fingerprint density at radius 2 is 2.14 bits per heavy atom. The van der Waals surface area contributed by atoms with E-state index in [1.54, 1.807) is 0 Å². The number of aromatic nitrogens is 1. The van der Waals surface area contributed by atoms with Gasteiger partial charge < -0.3 is 10.3 Å². The Kier molecular flexibility index (Phi) is 2.10. The number of anilines is 1. The molecule has 1 heterocycles. The number of benzene rings is 1. The molecule has 1 aromatic heterocycles. The molecule has 0 aliphatic rings. The van der Waals surface area contributed by atoms with E-state index in [-0.39, 0.29) is 5.56 Å². The first kappa shape index (κ1) is 8.62. The summed E-state index contributed by atoms with van der Waals surface area (Å²) in [6, 6.07) is 8.91. The van der Waals surface area contributed by atoms with Crippen LogP contribution in [0.25, 0.3) is 0 Å². The van der Waals surface area contributed by atoms with Gasteiger partial charge in [0.2, 0.25) is 0 Å². The molecule has 3 N–H and O–H groups in total. The van der Waals surface area contributed by atoms with Crippen molar-refractivity contribution in [2.45, 2.75) is 6.42 Å². The maximum absolute atomic E-state index is 10.8. The maximum atomic E-state index is 10.8. The Labute approximate surface area is 80.3 Å². The van der Waals surface area contributed by atoms with E-state index in [1.807, 2.05) is 24.3 Å². The predicted octanol–water partition coefficient (Wildman–Crippen LogP) is 1.14. The first-order valence-electron chi connectivity index (χ1n) is 4.26. The molecule has 14 heavy (non-hydrogen) atoms. The lowest BCUT2D eigenvalue weighted by atomic mass is 10.1. The lowest BCUT2D eigenvalue weighted by Gasteiger charge is -2.01. The van der Waals surface area contributed by atoms with Crippen molar-refractivity contribution in [3.05, 3.63) is 52.0 Å². The Balaban J connectivity index is 2.27. The summed E-state index contributed by atoms with van der Waals surface area (Å²) in [6.07, 6.45) is 0.533. The molecule has 2 rings (SSSR count). The highest BCUT2D eigenvalue weighted by atomic mass is 16.5. The van der Waals surface area contributed by atoms with Gasteiger partial charge in [0.05, 0.1) is 0 Å². The number of para-hydroxylation sites is 1. The highest BCUT2D eigenvalue weighted by Gasteiger charge is 2.03. The predicted molar refractivity (Wildman–Crippen MR) is 53.0 cm³/mol. The maximum Gasteiger partial charge on any atom is 0.280 e. The molecule has 0 atom stereocenters. The Morgan fingerprint density at radius 3 is 2.79 bits per heavy atom. The van der Waals surface area contributed by atoms with Gasteiger partial charge in [-0.25, -0.2) is 0 Å². The minimum atomic E-state index is -0.227. The van der Waals surface area contributed by atoms with Gasteiger partial charge in [-0.3, -0.25) is 4.79 Å². The van der Waals surface area contributed by atoms with Gasteiger partial charge in [-0.15, -0.1) is 0 Å². The van der Waals surface area contributed by atoms with E-state index in [2.05, 4.69) is 5.16 Å². The number of nitrogen functional groups attached to an aromatic ring is 1. The standard InChI is InChI=1S/C10H10N2O2/c11-9-4-2-1-3-7(9)5-8-6-10(13)12-14-8/h1-4,6H,5,11H2,(H,12,13). The van der Waals surface area contributed by atoms with Crippen LogP contribution in [0.5, 0.6) is 0 Å². The van der Waals surface area contributed by atoms with Crippen molar-refractivity contribution in [3.8, 4) is 0 Å². The fourth-order valence-electron chi connectivity index (χ4n) is 1.29. The Bertz CT molecular complexity index is 485. The first-order valence-corrected chi connectivity index (χ1v) is 4.26. The molecule has 1 aromatic carbocycles. The molecule has 72 valence electrons. The van der Waals surface area contributed by atoms with E-state index in [9.17, 15) is 4.79 Å². The Morgan fingerprint density at radius 1 is 1.36 bits per heavy atom. The molecular weight excluding hydrogens is 180 g/mol. The summed E-state index contributed by atoms with van der Waals surface area (Å²) in [5, 5.41) is 2.24. The fourth-order valence-corrected chi connectivity index (χ4v) is 1.29. The number of nitrogens with two attached hydrogens (primary N) is 1. The average molecular weight is 190 g/mol. The van der Waals surface area contributed by atoms with Crippen LogP contribution in [0.3, 0.4) is 0 Å². The van der Waals surface area contributed by atoms with Crippen LogP contribution in [0, 0.1) is 0 Å². The second-order valence-electron chi connectivity index (χ2n) is 3.05. The second-order valence-corrected chi connectivity index (χ2v) is 3.05. The number of H-pyrrole nitrogens is 1. The number of hydrogen-bond acceptors (Lipinski definition) is 3. The number of aromatic amines is 1. The van der Waals surface area contributed by atoms with Crippen molar-refractivity contribution < 1.29 is 4.52 Å². The molecule has 2 aromatic rings. The zero-order valence-corrected chi connectivity index (χ0v) is 7.49. The van der Waals surface area contributed by atoms with E-state index in [1.165, 1.54) is 6.07 Å². The molecule has 0 amide bonds. The topological polar surface area (TPSA) is 72.0 Å². The highest BCUT2D eigenvalue weighted by molar-refractivity contribution is 5.47. The molecule has 0 aliphatic heterocycles. The van der Waals surface area contributed by atoms with Crippen molar-refractivity contribution in [2.75, 3.05) is 5.73 Å². The molecule has 0 aliphatic carbocycles. The summed E-state index contributed by atoms with van der Waals surface area (Å²) in [7, 11) is 0. The zero-order chi connectivity index (χ0) is 9.97. The summed E-state index contributed by atoms with van der Waals surface area (Å²) in [4.78, 5) is 10.8. The number of hydrogen-bond donors (Lipinski definition) is 2. The molecule has 0 spiro atoms. The van der Waals surface area contributed by atoms with Gasteiger partial charge in [0, 0.05) is 18.2 Å². The van der Waals surface area contributed by atoms with Crippen molar-refractivity contribution in [2.24, 2.45) is 0 Å². The first-order chi connectivity index (χ1) is 6.75. The third-order valence-electron chi connectivity index (χ3n) is 1.99. The Hall–Kier alpha value is -1.97. The minimum Gasteiger partial charge on any atom is -0.398 e. The molecule has 4 nitrogen and oxygen atoms in total. The smallest absolute Gasteiger partial charge is 0.280 e. The SMILES string of the molecule is Nc1ccccc1Cc1cc(=O)[nH]o1. The molecule has 0 saturated heterocycles. The van der Waals surface area contributed by atoms with E-state index in [0.717, 1.165) is 5.56 Å². The van der Waals surface area contributed by atoms with Crippen molar-refractivity contribution in [3.63, 3.8) is 0 Å². The summed E-state index contributed by atoms with van der Waals surface area (Å²) >= 11 is 0. The summed E-state index contributed by atoms with van der Waals surface area (Å²) in [5.41, 5.74) is 7.18. The minimum absolute atomic E-state index is 0.227. The molecule has 4 heteroatoms. The lowest BCUT2D eigenvalue weighted by Crippen LogP contribution is -1.95. The molecule has 0 fully saturated rings. The van der Waals surface area contributed by atoms with Gasteiger partial charge in [-0.05, 0) is 11.6 Å². The van der Waals surface area contributed by atoms with Crippen molar-refractivity contribution >= 4 is 5.69 Å². The molecule has 0 unspecified atom stereocenters. The van der Waals surface area contributed by atoms with Crippen molar-refractivity contribution in [1.29, 1.82) is 0 Å². The molecule has 0 radical (unpaired) electrons. The van der Waals surface area contributed by atoms with Crippen molar-refractivity contribution in [1.82, 2.24) is 5.16 Å². The molecular formula is C10H10N2O2. The van der Waals surface area contributed by atoms with Gasteiger partial charge >= 0.3 is 0 Å². The largest absolute Gasteiger partial charge is 0.398 e. The zero-order valence-electron chi connectivity index (χ0n) is 7.49. The number of rotatable bonds is 2. The van der Waals surface area contributed by atoms with E-state index >= 15 is 0 Å². The van der Waals surface area contributed by atoms with Crippen LogP contribution in [0.2, 0.25) is 0 Å². The summed E-state index contributed by atoms with van der Waals surface area (Å²) in [5.74, 6) is 0.591. The van der Waals surface area contributed by atoms with Crippen LogP contribution in [-0.2, 0) is 6.42 Å². The third-order valence-corrected chi connectivity index (χ3v) is 1.99. The highest BCUT2D eigenvalue weighted by Crippen LogP contribution is 2.14.